The molecule has 3 heteroatoms. The van der Waals surface area contributed by atoms with Crippen molar-refractivity contribution in [3.05, 3.63) is 30.3 Å². The van der Waals surface area contributed by atoms with Crippen LogP contribution >= 0.6 is 0 Å². The number of piperazine rings is 1. The third kappa shape index (κ3) is 4.21. The molecule has 0 aromatic heterocycles. The van der Waals surface area contributed by atoms with E-state index < -0.39 is 0 Å². The van der Waals surface area contributed by atoms with Gasteiger partial charge in [-0.2, -0.15) is 0 Å². The largest absolute Gasteiger partial charge is 0.369 e. The molecule has 2 fully saturated rings. The van der Waals surface area contributed by atoms with Crippen LogP contribution in [0.25, 0.3) is 0 Å². The lowest BCUT2D eigenvalue weighted by atomic mass is 10.1. The van der Waals surface area contributed by atoms with Crippen LogP contribution in [0.15, 0.2) is 30.3 Å². The molecule has 1 atom stereocenters. The van der Waals surface area contributed by atoms with Gasteiger partial charge in [-0.15, -0.1) is 0 Å². The number of nitrogens with one attached hydrogen (secondary N) is 1. The first-order valence-electron chi connectivity index (χ1n) is 8.64. The second-order valence-electron chi connectivity index (χ2n) is 6.48. The van der Waals surface area contributed by atoms with Crippen molar-refractivity contribution < 1.29 is 0 Å². The van der Waals surface area contributed by atoms with Crippen molar-refractivity contribution in [2.75, 3.05) is 37.6 Å². The molecular formula is C18H29N3. The van der Waals surface area contributed by atoms with Crippen LogP contribution in [-0.4, -0.2) is 49.7 Å². The van der Waals surface area contributed by atoms with Gasteiger partial charge < -0.3 is 10.2 Å². The van der Waals surface area contributed by atoms with Gasteiger partial charge in [-0.3, -0.25) is 4.90 Å². The third-order valence-electron chi connectivity index (χ3n) is 4.79. The predicted octanol–water partition coefficient (Wildman–Crippen LogP) is 2.73. The maximum Gasteiger partial charge on any atom is 0.0367 e. The molecule has 1 saturated heterocycles. The van der Waals surface area contributed by atoms with Gasteiger partial charge in [0.05, 0.1) is 0 Å². The van der Waals surface area contributed by atoms with E-state index in [0.29, 0.717) is 0 Å². The summed E-state index contributed by atoms with van der Waals surface area (Å²) in [6, 6.07) is 12.4. The standard InChI is InChI=1S/C18H29N3/c1-2-6-18(15-19-16-9-10-16)21-13-11-20(12-14-21)17-7-4-3-5-8-17/h3-5,7-8,16,18-19H,2,6,9-15H2,1H3. The van der Waals surface area contributed by atoms with Crippen LogP contribution in [0.3, 0.4) is 0 Å². The fraction of sp³-hybridized carbons (Fsp3) is 0.667. The monoisotopic (exact) mass is 287 g/mol. The van der Waals surface area contributed by atoms with Gasteiger partial charge in [-0.25, -0.2) is 0 Å². The van der Waals surface area contributed by atoms with Crippen molar-refractivity contribution in [2.45, 2.75) is 44.7 Å². The maximum atomic E-state index is 3.73. The number of benzene rings is 1. The highest BCUT2D eigenvalue weighted by Crippen LogP contribution is 2.21. The minimum Gasteiger partial charge on any atom is -0.369 e. The Morgan fingerprint density at radius 2 is 1.81 bits per heavy atom. The summed E-state index contributed by atoms with van der Waals surface area (Å²) in [7, 11) is 0. The van der Waals surface area contributed by atoms with E-state index in [1.807, 2.05) is 0 Å². The van der Waals surface area contributed by atoms with Gasteiger partial charge in [0, 0.05) is 50.5 Å². The Hall–Kier alpha value is -1.06. The first-order chi connectivity index (χ1) is 10.4. The topological polar surface area (TPSA) is 18.5 Å². The summed E-state index contributed by atoms with van der Waals surface area (Å²) in [4.78, 5) is 5.23. The van der Waals surface area contributed by atoms with Gasteiger partial charge >= 0.3 is 0 Å². The molecule has 0 spiro atoms. The Morgan fingerprint density at radius 3 is 2.43 bits per heavy atom. The zero-order valence-electron chi connectivity index (χ0n) is 13.3. The second kappa shape index (κ2) is 7.28. The van der Waals surface area contributed by atoms with Crippen molar-refractivity contribution in [2.24, 2.45) is 0 Å². The highest BCUT2D eigenvalue weighted by molar-refractivity contribution is 5.46. The van der Waals surface area contributed by atoms with Gasteiger partial charge in [-0.05, 0) is 31.4 Å². The van der Waals surface area contributed by atoms with Crippen molar-refractivity contribution >= 4 is 5.69 Å². The maximum absolute atomic E-state index is 3.73. The van der Waals surface area contributed by atoms with Crippen molar-refractivity contribution in [3.63, 3.8) is 0 Å². The quantitative estimate of drug-likeness (QED) is 0.832. The summed E-state index contributed by atoms with van der Waals surface area (Å²) in [5, 5.41) is 3.73. The molecule has 3 nitrogen and oxygen atoms in total. The molecule has 1 N–H and O–H groups in total. The first-order valence-corrected chi connectivity index (χ1v) is 8.64. The first kappa shape index (κ1) is 14.9. The number of hydrogen-bond donors (Lipinski definition) is 1. The van der Waals surface area contributed by atoms with Gasteiger partial charge in [0.1, 0.15) is 0 Å². The van der Waals surface area contributed by atoms with Gasteiger partial charge in [0.2, 0.25) is 0 Å². The minimum atomic E-state index is 0.730. The molecule has 21 heavy (non-hydrogen) atoms. The Kier molecular flexibility index (Phi) is 5.15. The predicted molar refractivity (Wildman–Crippen MR) is 89.9 cm³/mol. The molecule has 1 aromatic rings. The normalized spacial score (nSPS) is 21.5. The molecule has 1 unspecified atom stereocenters. The third-order valence-corrected chi connectivity index (χ3v) is 4.79. The van der Waals surface area contributed by atoms with Crippen LogP contribution < -0.4 is 10.2 Å². The fourth-order valence-corrected chi connectivity index (χ4v) is 3.32. The lowest BCUT2D eigenvalue weighted by Crippen LogP contribution is -2.53. The number of anilines is 1. The summed E-state index contributed by atoms with van der Waals surface area (Å²) < 4.78 is 0. The fourth-order valence-electron chi connectivity index (χ4n) is 3.32. The summed E-state index contributed by atoms with van der Waals surface area (Å²) in [5.41, 5.74) is 1.38. The molecular weight excluding hydrogens is 258 g/mol. The smallest absolute Gasteiger partial charge is 0.0367 e. The number of rotatable bonds is 7. The van der Waals surface area contributed by atoms with Gasteiger partial charge in [0.25, 0.3) is 0 Å². The molecule has 1 aliphatic carbocycles. The molecule has 0 amide bonds. The lowest BCUT2D eigenvalue weighted by molar-refractivity contribution is 0.171. The number of hydrogen-bond acceptors (Lipinski definition) is 3. The van der Waals surface area contributed by atoms with E-state index in [9.17, 15) is 0 Å². The van der Waals surface area contributed by atoms with Crippen LogP contribution in [0.4, 0.5) is 5.69 Å². The SMILES string of the molecule is CCCC(CNC1CC1)N1CCN(c2ccccc2)CC1. The zero-order valence-corrected chi connectivity index (χ0v) is 13.3. The molecule has 1 heterocycles. The highest BCUT2D eigenvalue weighted by Gasteiger charge is 2.26. The second-order valence-corrected chi connectivity index (χ2v) is 6.48. The van der Waals surface area contributed by atoms with E-state index in [4.69, 9.17) is 0 Å². The van der Waals surface area contributed by atoms with E-state index >= 15 is 0 Å². The van der Waals surface area contributed by atoms with Crippen LogP contribution in [0.2, 0.25) is 0 Å². The summed E-state index contributed by atoms with van der Waals surface area (Å²) in [5.74, 6) is 0. The van der Waals surface area contributed by atoms with Crippen LogP contribution in [-0.2, 0) is 0 Å². The highest BCUT2D eigenvalue weighted by atomic mass is 15.3. The number of nitrogens with zero attached hydrogens (tertiary/aromatic N) is 2. The molecule has 2 aliphatic rings. The Morgan fingerprint density at radius 1 is 1.10 bits per heavy atom. The molecule has 1 aliphatic heterocycles. The van der Waals surface area contributed by atoms with Crippen LogP contribution in [0, 0.1) is 0 Å². The summed E-state index contributed by atoms with van der Waals surface area (Å²) in [6.07, 6.45) is 5.39. The molecule has 3 rings (SSSR count). The van der Waals surface area contributed by atoms with E-state index in [-0.39, 0.29) is 0 Å². The van der Waals surface area contributed by atoms with E-state index in [1.54, 1.807) is 0 Å². The molecule has 1 aromatic carbocycles. The average Bonchev–Trinajstić information content (AvgIpc) is 3.37. The number of para-hydroxylation sites is 1. The van der Waals surface area contributed by atoms with Crippen molar-refractivity contribution in [1.82, 2.24) is 10.2 Å². The summed E-state index contributed by atoms with van der Waals surface area (Å²) >= 11 is 0. The molecule has 1 saturated carbocycles. The lowest BCUT2D eigenvalue weighted by Gasteiger charge is -2.40. The van der Waals surface area contributed by atoms with Gasteiger partial charge in [-0.1, -0.05) is 31.5 Å². The average molecular weight is 287 g/mol. The zero-order chi connectivity index (χ0) is 14.5. The van der Waals surface area contributed by atoms with E-state index in [2.05, 4.69) is 52.4 Å². The van der Waals surface area contributed by atoms with Crippen molar-refractivity contribution in [1.29, 1.82) is 0 Å². The van der Waals surface area contributed by atoms with Crippen molar-refractivity contribution in [3.8, 4) is 0 Å². The molecule has 0 radical (unpaired) electrons. The van der Waals surface area contributed by atoms with Gasteiger partial charge in [0.15, 0.2) is 0 Å². The van der Waals surface area contributed by atoms with Crippen LogP contribution in [0.5, 0.6) is 0 Å². The Balaban J connectivity index is 1.50. The van der Waals surface area contributed by atoms with E-state index in [1.165, 1.54) is 51.0 Å². The minimum absolute atomic E-state index is 0.730. The summed E-state index contributed by atoms with van der Waals surface area (Å²) in [6.45, 7) is 8.22. The molecule has 116 valence electrons. The molecule has 0 bridgehead atoms. The van der Waals surface area contributed by atoms with E-state index in [0.717, 1.165) is 25.2 Å². The Bertz CT molecular complexity index is 408. The Labute approximate surface area is 129 Å². The van der Waals surface area contributed by atoms with Crippen LogP contribution in [0.1, 0.15) is 32.6 Å².